The lowest BCUT2D eigenvalue weighted by Crippen LogP contribution is -1.82. The highest BCUT2D eigenvalue weighted by Crippen LogP contribution is 2.18. The molecular formula is C10H10OS. The van der Waals surface area contributed by atoms with Gasteiger partial charge in [0.2, 0.25) is 5.12 Å². The van der Waals surface area contributed by atoms with Crippen molar-refractivity contribution in [2.45, 2.75) is 11.8 Å². The van der Waals surface area contributed by atoms with E-state index in [1.165, 1.54) is 23.4 Å². The minimum Gasteiger partial charge on any atom is -0.282 e. The van der Waals surface area contributed by atoms with Gasteiger partial charge in [-0.1, -0.05) is 24.3 Å². The van der Waals surface area contributed by atoms with E-state index in [9.17, 15) is 4.79 Å². The zero-order valence-corrected chi connectivity index (χ0v) is 7.73. The van der Waals surface area contributed by atoms with Crippen molar-refractivity contribution < 1.29 is 4.79 Å². The molecule has 0 atom stereocenters. The molecule has 0 unspecified atom stereocenters. The number of carbonyl (C=O) groups is 1. The molecule has 0 heterocycles. The van der Waals surface area contributed by atoms with Gasteiger partial charge in [0, 0.05) is 4.90 Å². The molecule has 12 heavy (non-hydrogen) atoms. The van der Waals surface area contributed by atoms with Crippen LogP contribution in [0.3, 0.4) is 0 Å². The van der Waals surface area contributed by atoms with Crippen molar-refractivity contribution in [1.29, 1.82) is 0 Å². The fraction of sp³-hybridized carbons (Fsp3) is 0.100. The third-order valence-electron chi connectivity index (χ3n) is 1.41. The first kappa shape index (κ1) is 9.07. The Morgan fingerprint density at radius 2 is 2.00 bits per heavy atom. The number of carbonyl (C=O) groups excluding carboxylic acids is 1. The number of benzene rings is 1. The van der Waals surface area contributed by atoms with Gasteiger partial charge >= 0.3 is 0 Å². The van der Waals surface area contributed by atoms with Crippen LogP contribution in [0.1, 0.15) is 5.56 Å². The molecule has 0 aliphatic heterocycles. The summed E-state index contributed by atoms with van der Waals surface area (Å²) in [7, 11) is 0. The minimum absolute atomic E-state index is 0.0150. The summed E-state index contributed by atoms with van der Waals surface area (Å²) in [4.78, 5) is 11.9. The Bertz CT molecular complexity index is 287. The average molecular weight is 178 g/mol. The van der Waals surface area contributed by atoms with Gasteiger partial charge in [0.05, 0.1) is 0 Å². The van der Waals surface area contributed by atoms with Crippen LogP contribution in [0.5, 0.6) is 0 Å². The molecule has 0 radical (unpaired) electrons. The molecular weight excluding hydrogens is 168 g/mol. The maximum Gasteiger partial charge on any atom is 0.216 e. The Hall–Kier alpha value is -1.02. The maximum atomic E-state index is 10.9. The summed E-state index contributed by atoms with van der Waals surface area (Å²) in [5, 5.41) is -0.0150. The lowest BCUT2D eigenvalue weighted by atomic mass is 10.2. The van der Waals surface area contributed by atoms with Gasteiger partial charge in [0.25, 0.3) is 0 Å². The monoisotopic (exact) mass is 178 g/mol. The average Bonchev–Trinajstić information content (AvgIpc) is 2.09. The molecule has 1 nitrogen and oxygen atoms in total. The maximum absolute atomic E-state index is 10.9. The Morgan fingerprint density at radius 3 is 2.50 bits per heavy atom. The van der Waals surface area contributed by atoms with Crippen LogP contribution in [0.25, 0.3) is 0 Å². The summed E-state index contributed by atoms with van der Waals surface area (Å²) >= 11 is 1.20. The molecule has 0 aliphatic rings. The zero-order chi connectivity index (χ0) is 8.97. The molecule has 1 aromatic carbocycles. The van der Waals surface area contributed by atoms with E-state index in [0.29, 0.717) is 0 Å². The predicted octanol–water partition coefficient (Wildman–Crippen LogP) is 2.80. The van der Waals surface area contributed by atoms with Crippen LogP contribution in [0.2, 0.25) is 0 Å². The highest BCUT2D eigenvalue weighted by Gasteiger charge is 1.98. The Morgan fingerprint density at radius 1 is 1.42 bits per heavy atom. The minimum atomic E-state index is -0.0150. The second-order valence-electron chi connectivity index (χ2n) is 2.44. The third-order valence-corrected chi connectivity index (χ3v) is 2.28. The lowest BCUT2D eigenvalue weighted by Gasteiger charge is -1.96. The van der Waals surface area contributed by atoms with Crippen molar-refractivity contribution in [3.8, 4) is 0 Å². The lowest BCUT2D eigenvalue weighted by molar-refractivity contribution is -0.107. The Labute approximate surface area is 76.5 Å². The first-order chi connectivity index (χ1) is 5.72. The molecule has 1 rings (SSSR count). The van der Waals surface area contributed by atoms with Crippen LogP contribution in [0.15, 0.2) is 41.8 Å². The van der Waals surface area contributed by atoms with E-state index >= 15 is 0 Å². The van der Waals surface area contributed by atoms with Gasteiger partial charge < -0.3 is 0 Å². The van der Waals surface area contributed by atoms with Gasteiger partial charge in [0.15, 0.2) is 0 Å². The molecule has 0 fully saturated rings. The van der Waals surface area contributed by atoms with Gasteiger partial charge in [-0.2, -0.15) is 0 Å². The number of hydrogen-bond acceptors (Lipinski definition) is 2. The van der Waals surface area contributed by atoms with Crippen molar-refractivity contribution in [2.24, 2.45) is 0 Å². The normalized spacial score (nSPS) is 9.42. The third kappa shape index (κ3) is 2.55. The predicted molar refractivity (Wildman–Crippen MR) is 52.2 cm³/mol. The Kier molecular flexibility index (Phi) is 3.11. The van der Waals surface area contributed by atoms with Crippen LogP contribution < -0.4 is 0 Å². The fourth-order valence-electron chi connectivity index (χ4n) is 0.764. The van der Waals surface area contributed by atoms with E-state index in [-0.39, 0.29) is 5.12 Å². The zero-order valence-electron chi connectivity index (χ0n) is 6.91. The van der Waals surface area contributed by atoms with Gasteiger partial charge in [-0.25, -0.2) is 0 Å². The molecule has 0 saturated carbocycles. The summed E-state index contributed by atoms with van der Waals surface area (Å²) in [6, 6.07) is 7.83. The van der Waals surface area contributed by atoms with E-state index in [4.69, 9.17) is 0 Å². The van der Waals surface area contributed by atoms with Gasteiger partial charge in [-0.05, 0) is 36.9 Å². The molecule has 2 heteroatoms. The second kappa shape index (κ2) is 4.12. The van der Waals surface area contributed by atoms with Gasteiger partial charge in [-0.15, -0.1) is 0 Å². The first-order valence-electron chi connectivity index (χ1n) is 3.63. The molecule has 0 N–H and O–H groups in total. The SMILES string of the molecule is C=CC(=O)Sc1ccc(C)cc1. The van der Waals surface area contributed by atoms with Gasteiger partial charge in [0.1, 0.15) is 0 Å². The van der Waals surface area contributed by atoms with Crippen LogP contribution in [-0.4, -0.2) is 5.12 Å². The molecule has 0 spiro atoms. The van der Waals surface area contributed by atoms with Crippen LogP contribution in [0.4, 0.5) is 0 Å². The topological polar surface area (TPSA) is 17.1 Å². The molecule has 62 valence electrons. The number of rotatable bonds is 2. The van der Waals surface area contributed by atoms with Crippen molar-refractivity contribution in [3.63, 3.8) is 0 Å². The summed E-state index contributed by atoms with van der Waals surface area (Å²) in [5.74, 6) is 0. The summed E-state index contributed by atoms with van der Waals surface area (Å²) in [6.45, 7) is 5.42. The molecule has 0 aromatic heterocycles. The van der Waals surface area contributed by atoms with E-state index in [1.807, 2.05) is 31.2 Å². The quantitative estimate of drug-likeness (QED) is 0.511. The summed E-state index contributed by atoms with van der Waals surface area (Å²) < 4.78 is 0. The number of aryl methyl sites for hydroxylation is 1. The number of hydrogen-bond donors (Lipinski definition) is 0. The fourth-order valence-corrected chi connectivity index (χ4v) is 1.35. The summed E-state index contributed by atoms with van der Waals surface area (Å²) in [5.41, 5.74) is 1.20. The second-order valence-corrected chi connectivity index (χ2v) is 3.52. The summed E-state index contributed by atoms with van der Waals surface area (Å²) in [6.07, 6.45) is 1.32. The van der Waals surface area contributed by atoms with E-state index in [0.717, 1.165) is 4.90 Å². The van der Waals surface area contributed by atoms with Crippen molar-refractivity contribution in [2.75, 3.05) is 0 Å². The largest absolute Gasteiger partial charge is 0.282 e. The van der Waals surface area contributed by atoms with Crippen molar-refractivity contribution in [1.82, 2.24) is 0 Å². The van der Waals surface area contributed by atoms with Gasteiger partial charge in [-0.3, -0.25) is 4.79 Å². The molecule has 0 amide bonds. The molecule has 0 saturated heterocycles. The van der Waals surface area contributed by atoms with E-state index in [1.54, 1.807) is 0 Å². The highest BCUT2D eigenvalue weighted by molar-refractivity contribution is 8.14. The van der Waals surface area contributed by atoms with Crippen molar-refractivity contribution >= 4 is 16.9 Å². The molecule has 1 aromatic rings. The van der Waals surface area contributed by atoms with E-state index in [2.05, 4.69) is 6.58 Å². The van der Waals surface area contributed by atoms with Crippen molar-refractivity contribution in [3.05, 3.63) is 42.5 Å². The standard InChI is InChI=1S/C10H10OS/c1-3-10(11)12-9-6-4-8(2)5-7-9/h3-7H,1H2,2H3. The Balaban J connectivity index is 2.71. The smallest absolute Gasteiger partial charge is 0.216 e. The molecule has 0 aliphatic carbocycles. The van der Waals surface area contributed by atoms with Crippen LogP contribution >= 0.6 is 11.8 Å². The van der Waals surface area contributed by atoms with Crippen LogP contribution in [0, 0.1) is 6.92 Å². The van der Waals surface area contributed by atoms with Crippen LogP contribution in [-0.2, 0) is 4.79 Å². The molecule has 0 bridgehead atoms. The highest BCUT2D eigenvalue weighted by atomic mass is 32.2. The first-order valence-corrected chi connectivity index (χ1v) is 4.45. The number of thioether (sulfide) groups is 1. The van der Waals surface area contributed by atoms with E-state index < -0.39 is 0 Å².